The van der Waals surface area contributed by atoms with Crippen LogP contribution in [0, 0.1) is 5.41 Å². The molecule has 520 valence electrons. The van der Waals surface area contributed by atoms with Crippen molar-refractivity contribution in [1.29, 1.82) is 0 Å². The Morgan fingerprint density at radius 2 is 1.01 bits per heavy atom. The van der Waals surface area contributed by atoms with E-state index in [1.165, 1.54) is 63.2 Å². The predicted molar refractivity (Wildman–Crippen MR) is 354 cm³/mol. The first-order valence-corrected chi connectivity index (χ1v) is 32.7. The first-order chi connectivity index (χ1) is 46.5. The molecule has 5 N–H and O–H groups in total. The summed E-state index contributed by atoms with van der Waals surface area (Å²) >= 11 is 5.71. The third-order valence-corrected chi connectivity index (χ3v) is 17.2. The number of allylic oxidation sites excluding steroid dienone is 1. The Kier molecular flexibility index (Phi) is 28.3. The van der Waals surface area contributed by atoms with Gasteiger partial charge in [-0.3, -0.25) is 57.6 Å². The smallest absolute Gasteiger partial charge is 0.407 e. The van der Waals surface area contributed by atoms with Crippen LogP contribution in [0.1, 0.15) is 150 Å². The number of hydrogen-bond acceptors (Lipinski definition) is 20. The number of carbonyl (C=O) groups is 8. The third kappa shape index (κ3) is 21.8. The molecular weight excluding hydrogens is 1280 g/mol. The number of rotatable bonds is 37. The van der Waals surface area contributed by atoms with Gasteiger partial charge in [-0.2, -0.15) is 0 Å². The molecule has 0 bridgehead atoms. The summed E-state index contributed by atoms with van der Waals surface area (Å²) in [5.41, 5.74) is -3.46. The predicted octanol–water partition coefficient (Wildman–Crippen LogP) is 5.15. The minimum Gasteiger partial charge on any atom is -0.442 e. The molecule has 4 aromatic heterocycles. The van der Waals surface area contributed by atoms with Crippen molar-refractivity contribution >= 4 is 64.3 Å². The highest BCUT2D eigenvalue weighted by Gasteiger charge is 2.39. The van der Waals surface area contributed by atoms with Gasteiger partial charge < -0.3 is 55.1 Å². The highest BCUT2D eigenvalue weighted by Crippen LogP contribution is 2.34. The van der Waals surface area contributed by atoms with Crippen LogP contribution in [0.25, 0.3) is 0 Å². The summed E-state index contributed by atoms with van der Waals surface area (Å²) < 4.78 is 17.9. The summed E-state index contributed by atoms with van der Waals surface area (Å²) in [6.07, 6.45) is 7.85. The number of nitrogens with zero attached hydrogens (tertiary/aromatic N) is 8. The molecule has 28 nitrogen and oxygen atoms in total. The third-order valence-electron chi connectivity index (χ3n) is 16.9. The molecule has 0 saturated carbocycles. The maximum Gasteiger partial charge on any atom is 0.407 e. The van der Waals surface area contributed by atoms with Crippen LogP contribution >= 0.6 is 12.2 Å². The summed E-state index contributed by atoms with van der Waals surface area (Å²) in [6.45, 7) is 3.25. The number of Topliss-reactive ketones (excluding diaryl/α,β-unsaturated/α-hetero) is 2. The molecule has 29 heteroatoms. The van der Waals surface area contributed by atoms with Crippen LogP contribution in [-0.2, 0) is 41.4 Å². The molecule has 0 unspecified atom stereocenters. The molecule has 97 heavy (non-hydrogen) atoms. The standard InChI is InChI=1S/C68H83N9O19S/c1-68(57(79)47-73-58(80)29-30-59(73)81)33-4-2-14-50(31-34-68)96-67(89)69-35-43-95-45-44-94-42-12-15-51(97)46-49-27-25-48(26-28-49)32-41-72(66(88)55-19-11-24-63(85)77(55)93)40-13-39-71(65(87)54-18-10-23-62(84)76(54)92)38-7-6-37-70(64(86)53-17-9-22-61(83)75(53)91)36-5-3-20-56(78)52-16-8-21-60(82)74(52)90/h2,8-11,14,16-19,21-28,50,90-93H,3-7,12-13,15,20,29-47H2,1H3,(H,69,89)/b14-2+/t50-,68+/m1/s1. The minimum absolute atomic E-state index is 0.00282. The molecule has 1 aliphatic heterocycles. The molecule has 2 aliphatic rings. The van der Waals surface area contributed by atoms with Crippen molar-refractivity contribution in [3.63, 3.8) is 0 Å². The average Bonchev–Trinajstić information content (AvgIpc) is 1.85. The first-order valence-electron chi connectivity index (χ1n) is 32.3. The van der Waals surface area contributed by atoms with Crippen LogP contribution in [-0.4, -0.2) is 196 Å². The van der Waals surface area contributed by atoms with E-state index in [-0.39, 0.29) is 170 Å². The maximum absolute atomic E-state index is 14.2. The quantitative estimate of drug-likeness (QED) is 0.00857. The summed E-state index contributed by atoms with van der Waals surface area (Å²) in [5, 5.41) is 44.5. The van der Waals surface area contributed by atoms with Crippen molar-refractivity contribution in [2.45, 2.75) is 116 Å². The second-order valence-corrected chi connectivity index (χ2v) is 24.5. The topological polar surface area (TPSA) is 358 Å². The zero-order valence-electron chi connectivity index (χ0n) is 54.2. The highest BCUT2D eigenvalue weighted by atomic mass is 32.1. The van der Waals surface area contributed by atoms with E-state index in [2.05, 4.69) is 5.32 Å². The molecule has 5 aromatic rings. The minimum atomic E-state index is -0.863. The van der Waals surface area contributed by atoms with Crippen molar-refractivity contribution in [2.24, 2.45) is 5.41 Å². The van der Waals surface area contributed by atoms with Crippen LogP contribution in [0.3, 0.4) is 0 Å². The number of ether oxygens (including phenoxy) is 3. The van der Waals surface area contributed by atoms with Gasteiger partial charge in [-0.1, -0.05) is 73.7 Å². The lowest BCUT2D eigenvalue weighted by atomic mass is 9.75. The SMILES string of the molecule is C[C@]1(C(=O)CN2C(=O)CCC2=O)CC/C=C/[C@@H](OC(=O)NCCOCCOCCCC(=S)Cc2ccc(CCN(CCCN(CCCCN(CCCCC(=O)c3cccc(=O)n3O)C(=O)c3cccc(=O)n3O)C(=O)c3cccc(=O)n3O)C(=O)c3cccc(=O)n3O)cc2)CC1. The number of amides is 6. The number of imide groups is 1. The molecule has 7 rings (SSSR count). The van der Waals surface area contributed by atoms with E-state index in [0.717, 1.165) is 45.2 Å². The lowest BCUT2D eigenvalue weighted by Crippen LogP contribution is -2.42. The van der Waals surface area contributed by atoms with Gasteiger partial charge in [0.1, 0.15) is 28.9 Å². The Morgan fingerprint density at radius 1 is 0.546 bits per heavy atom. The maximum atomic E-state index is 14.2. The number of carbonyl (C=O) groups excluding carboxylic acids is 8. The van der Waals surface area contributed by atoms with Gasteiger partial charge >= 0.3 is 6.09 Å². The monoisotopic (exact) mass is 1360 g/mol. The number of hydrogen-bond donors (Lipinski definition) is 5. The van der Waals surface area contributed by atoms with Crippen molar-refractivity contribution in [3.05, 3.63) is 185 Å². The molecule has 0 radical (unpaired) electrons. The molecule has 5 heterocycles. The molecule has 1 aromatic carbocycles. The van der Waals surface area contributed by atoms with E-state index in [0.29, 0.717) is 71.2 Å². The number of pyridine rings is 4. The average molecular weight is 1360 g/mol. The van der Waals surface area contributed by atoms with Crippen molar-refractivity contribution in [2.75, 3.05) is 78.8 Å². The normalized spacial score (nSPS) is 15.6. The van der Waals surface area contributed by atoms with Crippen molar-refractivity contribution in [1.82, 2.24) is 43.8 Å². The molecule has 0 spiro atoms. The Balaban J connectivity index is 0.852. The van der Waals surface area contributed by atoms with Crippen molar-refractivity contribution < 1.29 is 73.4 Å². The zero-order valence-corrected chi connectivity index (χ0v) is 55.0. The van der Waals surface area contributed by atoms with Gasteiger partial charge in [0, 0.05) is 108 Å². The van der Waals surface area contributed by atoms with Gasteiger partial charge in [0.05, 0.1) is 26.4 Å². The number of ketones is 2. The van der Waals surface area contributed by atoms with E-state index in [9.17, 15) is 78.4 Å². The highest BCUT2D eigenvalue weighted by molar-refractivity contribution is 7.80. The summed E-state index contributed by atoms with van der Waals surface area (Å²) in [4.78, 5) is 160. The number of unbranched alkanes of at least 4 members (excludes halogenated alkanes) is 2. The van der Waals surface area contributed by atoms with E-state index in [1.54, 1.807) is 6.08 Å². The molecular formula is C68H83N9O19S. The van der Waals surface area contributed by atoms with Crippen LogP contribution < -0.4 is 27.6 Å². The van der Waals surface area contributed by atoms with Crippen LogP contribution in [0.4, 0.5) is 4.79 Å². The summed E-state index contributed by atoms with van der Waals surface area (Å²) in [7, 11) is 0. The van der Waals surface area contributed by atoms with Gasteiger partial charge in [-0.25, -0.2) is 4.79 Å². The van der Waals surface area contributed by atoms with Crippen LogP contribution in [0.15, 0.2) is 128 Å². The molecule has 6 amide bonds. The second kappa shape index (κ2) is 36.9. The van der Waals surface area contributed by atoms with Crippen molar-refractivity contribution in [3.8, 4) is 0 Å². The number of thiocarbonyl (C=S) groups is 1. The van der Waals surface area contributed by atoms with Gasteiger partial charge in [0.15, 0.2) is 11.6 Å². The Hall–Kier alpha value is -9.87. The van der Waals surface area contributed by atoms with Gasteiger partial charge in [0.25, 0.3) is 40.0 Å². The van der Waals surface area contributed by atoms with Gasteiger partial charge in [0.2, 0.25) is 11.8 Å². The Bertz CT molecular complexity index is 3880. The number of aromatic nitrogens is 4. The van der Waals surface area contributed by atoms with Crippen LogP contribution in [0.2, 0.25) is 0 Å². The number of nitrogens with one attached hydrogen (secondary N) is 1. The lowest BCUT2D eigenvalue weighted by molar-refractivity contribution is -0.144. The number of benzene rings is 1. The lowest BCUT2D eigenvalue weighted by Gasteiger charge is -2.32. The Morgan fingerprint density at radius 3 is 1.55 bits per heavy atom. The molecule has 1 aliphatic carbocycles. The van der Waals surface area contributed by atoms with E-state index >= 15 is 0 Å². The van der Waals surface area contributed by atoms with Gasteiger partial charge in [-0.05, 0) is 123 Å². The van der Waals surface area contributed by atoms with E-state index in [1.807, 2.05) is 37.3 Å². The fourth-order valence-corrected chi connectivity index (χ4v) is 11.5. The molecule has 1 saturated heterocycles. The summed E-state index contributed by atoms with van der Waals surface area (Å²) in [6, 6.07) is 22.4. The van der Waals surface area contributed by atoms with Gasteiger partial charge in [-0.15, -0.1) is 18.9 Å². The molecule has 2 atom stereocenters. The number of likely N-dealkylation sites (tertiary alicyclic amines) is 1. The largest absolute Gasteiger partial charge is 0.442 e. The molecule has 1 fully saturated rings. The Labute approximate surface area is 563 Å². The second-order valence-electron chi connectivity index (χ2n) is 23.9. The summed E-state index contributed by atoms with van der Waals surface area (Å²) in [5.74, 6) is -3.49. The first kappa shape index (κ1) is 74.5. The van der Waals surface area contributed by atoms with E-state index in [4.69, 9.17) is 26.4 Å². The fraction of sp³-hybridized carbons (Fsp3) is 0.456. The fourth-order valence-electron chi connectivity index (χ4n) is 11.2. The zero-order chi connectivity index (χ0) is 70.0. The van der Waals surface area contributed by atoms with Crippen LogP contribution in [0.5, 0.6) is 0 Å². The number of alkyl carbamates (subject to hydrolysis) is 1. The van der Waals surface area contributed by atoms with E-state index < -0.39 is 63.4 Å².